The Hall–Kier alpha value is -2.40. The van der Waals surface area contributed by atoms with Crippen molar-refractivity contribution in [3.05, 3.63) is 47.0 Å². The lowest BCUT2D eigenvalue weighted by molar-refractivity contribution is 0.332. The number of halogens is 1. The molecule has 0 spiro atoms. The molecule has 1 N–H and O–H groups in total. The van der Waals surface area contributed by atoms with Gasteiger partial charge < -0.3 is 19.3 Å². The van der Waals surface area contributed by atoms with E-state index in [2.05, 4.69) is 4.99 Å². The zero-order valence-electron chi connectivity index (χ0n) is 14.5. The fourth-order valence-corrected chi connectivity index (χ4v) is 3.06. The molecule has 1 aliphatic heterocycles. The van der Waals surface area contributed by atoms with Gasteiger partial charge in [-0.15, -0.1) is 12.4 Å². The summed E-state index contributed by atoms with van der Waals surface area (Å²) in [6, 6.07) is 9.79. The van der Waals surface area contributed by atoms with Crippen molar-refractivity contribution in [1.82, 2.24) is 0 Å². The molecule has 0 saturated carbocycles. The number of benzene rings is 2. The van der Waals surface area contributed by atoms with E-state index in [0.29, 0.717) is 24.5 Å². The number of aliphatic imine (C=N–C) groups is 1. The standard InChI is InChI=1S/C19H21NO4.ClH/c1-22-14-6-4-5-12(9-14)10-15-17-13(7-8-20-15)11-16(23-2)19(24-3)18(17)21;/h4-6,9,11,21H,7-8,10H2,1-3H3;1H. The van der Waals surface area contributed by atoms with Crippen LogP contribution in [-0.2, 0) is 12.8 Å². The Labute approximate surface area is 153 Å². The van der Waals surface area contributed by atoms with E-state index in [1.807, 2.05) is 30.3 Å². The Kier molecular flexibility index (Phi) is 6.15. The fraction of sp³-hybridized carbons (Fsp3) is 0.316. The lowest BCUT2D eigenvalue weighted by Gasteiger charge is -2.21. The van der Waals surface area contributed by atoms with Crippen LogP contribution in [0.15, 0.2) is 35.3 Å². The minimum absolute atomic E-state index is 0. The van der Waals surface area contributed by atoms with Crippen molar-refractivity contribution in [3.63, 3.8) is 0 Å². The molecule has 0 radical (unpaired) electrons. The van der Waals surface area contributed by atoms with E-state index in [4.69, 9.17) is 14.2 Å². The molecule has 1 aliphatic rings. The molecule has 25 heavy (non-hydrogen) atoms. The summed E-state index contributed by atoms with van der Waals surface area (Å²) in [5, 5.41) is 10.7. The summed E-state index contributed by atoms with van der Waals surface area (Å²) in [7, 11) is 4.74. The summed E-state index contributed by atoms with van der Waals surface area (Å²) in [4.78, 5) is 4.63. The van der Waals surface area contributed by atoms with Crippen molar-refractivity contribution in [2.75, 3.05) is 27.9 Å². The van der Waals surface area contributed by atoms with Crippen LogP contribution in [0.3, 0.4) is 0 Å². The van der Waals surface area contributed by atoms with Gasteiger partial charge in [-0.3, -0.25) is 4.99 Å². The van der Waals surface area contributed by atoms with Gasteiger partial charge in [-0.2, -0.15) is 0 Å². The van der Waals surface area contributed by atoms with E-state index in [0.717, 1.165) is 34.6 Å². The van der Waals surface area contributed by atoms with Crippen molar-refractivity contribution < 1.29 is 19.3 Å². The van der Waals surface area contributed by atoms with E-state index in [-0.39, 0.29) is 18.2 Å². The topological polar surface area (TPSA) is 60.3 Å². The number of ether oxygens (including phenoxy) is 3. The smallest absolute Gasteiger partial charge is 0.203 e. The summed E-state index contributed by atoms with van der Waals surface area (Å²) in [6.07, 6.45) is 1.39. The van der Waals surface area contributed by atoms with Crippen molar-refractivity contribution in [2.45, 2.75) is 12.8 Å². The highest BCUT2D eigenvalue weighted by Crippen LogP contribution is 2.43. The van der Waals surface area contributed by atoms with E-state index in [1.165, 1.54) is 7.11 Å². The van der Waals surface area contributed by atoms with Crippen LogP contribution in [-0.4, -0.2) is 38.7 Å². The number of aromatic hydroxyl groups is 1. The second kappa shape index (κ2) is 8.12. The van der Waals surface area contributed by atoms with Gasteiger partial charge in [-0.05, 0) is 35.7 Å². The Morgan fingerprint density at radius 2 is 1.88 bits per heavy atom. The van der Waals surface area contributed by atoms with Crippen molar-refractivity contribution in [3.8, 4) is 23.0 Å². The normalized spacial score (nSPS) is 12.5. The molecule has 0 unspecified atom stereocenters. The number of phenolic OH excluding ortho intramolecular Hbond substituents is 1. The zero-order valence-corrected chi connectivity index (χ0v) is 15.4. The number of hydrogen-bond donors (Lipinski definition) is 1. The molecule has 0 aliphatic carbocycles. The van der Waals surface area contributed by atoms with Crippen LogP contribution >= 0.6 is 12.4 Å². The minimum atomic E-state index is 0. The van der Waals surface area contributed by atoms with Crippen LogP contribution in [0.1, 0.15) is 16.7 Å². The molecule has 6 heteroatoms. The highest BCUT2D eigenvalue weighted by molar-refractivity contribution is 6.07. The van der Waals surface area contributed by atoms with Crippen LogP contribution in [0.25, 0.3) is 0 Å². The minimum Gasteiger partial charge on any atom is -0.504 e. The van der Waals surface area contributed by atoms with E-state index in [9.17, 15) is 5.11 Å². The molecule has 0 fully saturated rings. The Balaban J connectivity index is 0.00000225. The fourth-order valence-electron chi connectivity index (χ4n) is 3.06. The van der Waals surface area contributed by atoms with Gasteiger partial charge in [-0.1, -0.05) is 12.1 Å². The molecule has 0 atom stereocenters. The summed E-state index contributed by atoms with van der Waals surface area (Å²) in [5.41, 5.74) is 3.71. The molecule has 2 aromatic carbocycles. The van der Waals surface area contributed by atoms with Crippen molar-refractivity contribution in [2.24, 2.45) is 4.99 Å². The maximum absolute atomic E-state index is 10.7. The molecule has 0 aromatic heterocycles. The SMILES string of the molecule is COc1cccc(CC2=NCCc3cc(OC)c(OC)c(O)c32)c1.Cl. The lowest BCUT2D eigenvalue weighted by Crippen LogP contribution is -2.16. The molecule has 5 nitrogen and oxygen atoms in total. The quantitative estimate of drug-likeness (QED) is 0.884. The molecule has 0 amide bonds. The van der Waals surface area contributed by atoms with Gasteiger partial charge in [0.1, 0.15) is 5.75 Å². The van der Waals surface area contributed by atoms with Gasteiger partial charge in [0.2, 0.25) is 5.75 Å². The van der Waals surface area contributed by atoms with Gasteiger partial charge in [0.25, 0.3) is 0 Å². The Morgan fingerprint density at radius 3 is 2.56 bits per heavy atom. The van der Waals surface area contributed by atoms with Crippen molar-refractivity contribution in [1.29, 1.82) is 0 Å². The largest absolute Gasteiger partial charge is 0.504 e. The van der Waals surface area contributed by atoms with Crippen molar-refractivity contribution >= 4 is 18.1 Å². The van der Waals surface area contributed by atoms with Gasteiger partial charge >= 0.3 is 0 Å². The first-order valence-electron chi connectivity index (χ1n) is 7.81. The predicted molar refractivity (Wildman–Crippen MR) is 100 cm³/mol. The number of rotatable bonds is 5. The van der Waals surface area contributed by atoms with E-state index in [1.54, 1.807) is 14.2 Å². The Bertz CT molecular complexity index is 789. The number of hydrogen-bond acceptors (Lipinski definition) is 5. The monoisotopic (exact) mass is 363 g/mol. The predicted octanol–water partition coefficient (Wildman–Crippen LogP) is 3.43. The average molecular weight is 364 g/mol. The third-order valence-corrected chi connectivity index (χ3v) is 4.20. The van der Waals surface area contributed by atoms with Gasteiger partial charge in [0.15, 0.2) is 11.5 Å². The maximum atomic E-state index is 10.7. The third kappa shape index (κ3) is 3.66. The van der Waals surface area contributed by atoms with Gasteiger partial charge in [0, 0.05) is 18.5 Å². The van der Waals surface area contributed by atoms with Gasteiger partial charge in [-0.25, -0.2) is 0 Å². The second-order valence-corrected chi connectivity index (χ2v) is 5.60. The molecule has 1 heterocycles. The van der Waals surface area contributed by atoms with E-state index >= 15 is 0 Å². The molecule has 0 bridgehead atoms. The van der Waals surface area contributed by atoms with E-state index < -0.39 is 0 Å². The van der Waals surface area contributed by atoms with Crippen LogP contribution in [0, 0.1) is 0 Å². The first kappa shape index (κ1) is 18.9. The van der Waals surface area contributed by atoms with Gasteiger partial charge in [0.05, 0.1) is 27.0 Å². The number of nitrogens with zero attached hydrogens (tertiary/aromatic N) is 1. The third-order valence-electron chi connectivity index (χ3n) is 4.20. The average Bonchev–Trinajstić information content (AvgIpc) is 2.61. The van der Waals surface area contributed by atoms with Crippen LogP contribution in [0.5, 0.6) is 23.0 Å². The highest BCUT2D eigenvalue weighted by Gasteiger charge is 2.24. The molecule has 2 aromatic rings. The molecule has 0 saturated heterocycles. The maximum Gasteiger partial charge on any atom is 0.203 e. The summed E-state index contributed by atoms with van der Waals surface area (Å²) >= 11 is 0. The molecule has 134 valence electrons. The van der Waals surface area contributed by atoms with Crippen LogP contribution < -0.4 is 14.2 Å². The molecule has 3 rings (SSSR count). The molecular weight excluding hydrogens is 342 g/mol. The highest BCUT2D eigenvalue weighted by atomic mass is 35.5. The Morgan fingerprint density at radius 1 is 1.08 bits per heavy atom. The summed E-state index contributed by atoms with van der Waals surface area (Å²) in [5.74, 6) is 1.78. The number of methoxy groups -OCH3 is 3. The zero-order chi connectivity index (χ0) is 17.1. The first-order valence-corrected chi connectivity index (χ1v) is 7.81. The molecular formula is C19H22ClNO4. The lowest BCUT2D eigenvalue weighted by atomic mass is 9.92. The van der Waals surface area contributed by atoms with Crippen LogP contribution in [0.2, 0.25) is 0 Å². The number of phenols is 1. The first-order chi connectivity index (χ1) is 11.7. The summed E-state index contributed by atoms with van der Waals surface area (Å²) in [6.45, 7) is 0.696. The summed E-state index contributed by atoms with van der Waals surface area (Å²) < 4.78 is 15.9. The number of fused-ring (bicyclic) bond motifs is 1. The van der Waals surface area contributed by atoms with Crippen LogP contribution in [0.4, 0.5) is 0 Å². The second-order valence-electron chi connectivity index (χ2n) is 5.60.